The molecule has 0 radical (unpaired) electrons. The first-order chi connectivity index (χ1) is 16.0. The quantitative estimate of drug-likeness (QED) is 0.211. The lowest BCUT2D eigenvalue weighted by molar-refractivity contribution is -0.104. The summed E-state index contributed by atoms with van der Waals surface area (Å²) >= 11 is 6.16. The maximum atomic E-state index is 11.6. The highest BCUT2D eigenvalue weighted by atomic mass is 35.5. The summed E-state index contributed by atoms with van der Waals surface area (Å²) < 4.78 is 23.9. The SMILES string of the molecule is C[C@](CO)(OC[C@H]1O[C@@H](n2ncc3c(NC4CCCCC4)nc(Cl)nc32)[C@H](O)[C@@H]1O)P(=O)(O)O. The summed E-state index contributed by atoms with van der Waals surface area (Å²) in [5.41, 5.74) is 0.284. The summed E-state index contributed by atoms with van der Waals surface area (Å²) in [6, 6.07) is 0.248. The molecule has 1 saturated carbocycles. The van der Waals surface area contributed by atoms with Gasteiger partial charge in [0.1, 0.15) is 24.1 Å². The molecule has 1 aliphatic heterocycles. The van der Waals surface area contributed by atoms with Crippen LogP contribution in [-0.2, 0) is 14.0 Å². The van der Waals surface area contributed by atoms with Gasteiger partial charge in [-0.3, -0.25) is 4.57 Å². The molecule has 1 saturated heterocycles. The Morgan fingerprint density at radius 2 is 1.97 bits per heavy atom. The molecule has 0 amide bonds. The van der Waals surface area contributed by atoms with E-state index in [-0.39, 0.29) is 17.0 Å². The molecule has 5 atom stereocenters. The van der Waals surface area contributed by atoms with Crippen LogP contribution in [0.25, 0.3) is 11.0 Å². The fourth-order valence-electron chi connectivity index (χ4n) is 4.19. The van der Waals surface area contributed by atoms with Crippen molar-refractivity contribution < 1.29 is 39.1 Å². The zero-order valence-corrected chi connectivity index (χ0v) is 20.1. The summed E-state index contributed by atoms with van der Waals surface area (Å²) in [7, 11) is -4.83. The first-order valence-electron chi connectivity index (χ1n) is 11.0. The van der Waals surface area contributed by atoms with Crippen molar-refractivity contribution in [3.8, 4) is 0 Å². The Labute approximate surface area is 200 Å². The predicted octanol–water partition coefficient (Wildman–Crippen LogP) is 0.746. The molecular formula is C19H29ClN5O8P. The second-order valence-corrected chi connectivity index (χ2v) is 11.3. The molecule has 190 valence electrons. The number of hydrogen-bond acceptors (Lipinski definition) is 10. The van der Waals surface area contributed by atoms with E-state index in [0.29, 0.717) is 11.2 Å². The topological polar surface area (TPSA) is 192 Å². The maximum absolute atomic E-state index is 11.6. The number of nitrogens with one attached hydrogen (secondary N) is 1. The standard InChI is InChI=1S/C19H29ClN5O8P/c1-19(9-26,34(29,30)31)32-8-12-13(27)14(28)17(33-12)25-16-11(7-21-25)15(23-18(20)24-16)22-10-5-3-2-4-6-10/h7,10,12-14,17,26-28H,2-6,8-9H2,1H3,(H,22,23,24)(H2,29,30,31)/t12-,13-,14-,17-,19+/m1/s1. The van der Waals surface area contributed by atoms with E-state index >= 15 is 0 Å². The monoisotopic (exact) mass is 521 g/mol. The van der Waals surface area contributed by atoms with Gasteiger partial charge in [-0.25, -0.2) is 4.68 Å². The molecule has 2 fully saturated rings. The minimum absolute atomic E-state index is 0.0270. The average Bonchev–Trinajstić information content (AvgIpc) is 3.33. The molecular weight excluding hydrogens is 493 g/mol. The van der Waals surface area contributed by atoms with Crippen molar-refractivity contribution in [2.45, 2.75) is 75.0 Å². The molecule has 2 aliphatic rings. The van der Waals surface area contributed by atoms with Crippen LogP contribution < -0.4 is 5.32 Å². The summed E-state index contributed by atoms with van der Waals surface area (Å²) in [5, 5.41) is 36.5. The van der Waals surface area contributed by atoms with Crippen LogP contribution in [0.5, 0.6) is 0 Å². The number of fused-ring (bicyclic) bond motifs is 1. The first kappa shape index (κ1) is 25.7. The van der Waals surface area contributed by atoms with Gasteiger partial charge in [0.25, 0.3) is 0 Å². The molecule has 13 nitrogen and oxygen atoms in total. The van der Waals surface area contributed by atoms with Gasteiger partial charge in [-0.2, -0.15) is 15.1 Å². The lowest BCUT2D eigenvalue weighted by atomic mass is 9.95. The van der Waals surface area contributed by atoms with E-state index in [1.54, 1.807) is 0 Å². The summed E-state index contributed by atoms with van der Waals surface area (Å²) in [5.74, 6) is 0.515. The Morgan fingerprint density at radius 1 is 1.26 bits per heavy atom. The number of ether oxygens (including phenoxy) is 2. The van der Waals surface area contributed by atoms with Crippen LogP contribution in [0.15, 0.2) is 6.20 Å². The maximum Gasteiger partial charge on any atom is 0.359 e. The molecule has 0 unspecified atom stereocenters. The van der Waals surface area contributed by atoms with Gasteiger partial charge >= 0.3 is 7.60 Å². The number of hydrogen-bond donors (Lipinski definition) is 6. The zero-order valence-electron chi connectivity index (χ0n) is 18.5. The second-order valence-electron chi connectivity index (χ2n) is 8.88. The van der Waals surface area contributed by atoms with Gasteiger partial charge in [0.15, 0.2) is 17.2 Å². The van der Waals surface area contributed by atoms with Crippen LogP contribution in [-0.4, -0.2) is 87.8 Å². The zero-order chi connectivity index (χ0) is 24.7. The second kappa shape index (κ2) is 9.92. The molecule has 0 bridgehead atoms. The molecule has 3 heterocycles. The van der Waals surface area contributed by atoms with E-state index < -0.39 is 50.7 Å². The van der Waals surface area contributed by atoms with Gasteiger partial charge in [0.05, 0.1) is 24.8 Å². The third-order valence-electron chi connectivity index (χ3n) is 6.42. The van der Waals surface area contributed by atoms with Crippen LogP contribution in [0, 0.1) is 0 Å². The Morgan fingerprint density at radius 3 is 2.62 bits per heavy atom. The number of halogens is 1. The number of aromatic nitrogens is 4. The van der Waals surface area contributed by atoms with E-state index in [1.165, 1.54) is 17.3 Å². The average molecular weight is 522 g/mol. The van der Waals surface area contributed by atoms with Crippen LogP contribution in [0.3, 0.4) is 0 Å². The van der Waals surface area contributed by atoms with Crippen LogP contribution in [0.1, 0.15) is 45.3 Å². The highest BCUT2D eigenvalue weighted by Gasteiger charge is 2.48. The van der Waals surface area contributed by atoms with Crippen LogP contribution >= 0.6 is 19.2 Å². The van der Waals surface area contributed by atoms with Gasteiger partial charge in [-0.15, -0.1) is 0 Å². The number of aliphatic hydroxyl groups is 3. The minimum atomic E-state index is -4.83. The smallest absolute Gasteiger partial charge is 0.359 e. The van der Waals surface area contributed by atoms with E-state index in [4.69, 9.17) is 21.1 Å². The summed E-state index contributed by atoms with van der Waals surface area (Å²) in [6.45, 7) is -0.411. The molecule has 1 aliphatic carbocycles. The fraction of sp³-hybridized carbons (Fsp3) is 0.737. The summed E-state index contributed by atoms with van der Waals surface area (Å²) in [4.78, 5) is 27.4. The lowest BCUT2D eigenvalue weighted by Gasteiger charge is -2.29. The third-order valence-corrected chi connectivity index (χ3v) is 8.09. The Kier molecular flexibility index (Phi) is 7.49. The molecule has 0 spiro atoms. The van der Waals surface area contributed by atoms with Gasteiger partial charge in [-0.1, -0.05) is 19.3 Å². The minimum Gasteiger partial charge on any atom is -0.393 e. The predicted molar refractivity (Wildman–Crippen MR) is 120 cm³/mol. The van der Waals surface area contributed by atoms with Crippen molar-refractivity contribution >= 4 is 36.0 Å². The van der Waals surface area contributed by atoms with Crippen molar-refractivity contribution in [3.63, 3.8) is 0 Å². The molecule has 2 aromatic heterocycles. The third kappa shape index (κ3) is 4.95. The fourth-order valence-corrected chi connectivity index (χ4v) is 4.78. The highest BCUT2D eigenvalue weighted by Crippen LogP contribution is 2.51. The highest BCUT2D eigenvalue weighted by molar-refractivity contribution is 7.53. The van der Waals surface area contributed by atoms with Crippen molar-refractivity contribution in [1.82, 2.24) is 19.7 Å². The normalized spacial score (nSPS) is 28.3. The Bertz CT molecular complexity index is 1060. The van der Waals surface area contributed by atoms with E-state index in [9.17, 15) is 29.7 Å². The molecule has 34 heavy (non-hydrogen) atoms. The number of rotatable bonds is 8. The van der Waals surface area contributed by atoms with E-state index in [0.717, 1.165) is 32.6 Å². The molecule has 6 N–H and O–H groups in total. The first-order valence-corrected chi connectivity index (χ1v) is 13.0. The lowest BCUT2D eigenvalue weighted by Crippen LogP contribution is -2.39. The number of anilines is 1. The van der Waals surface area contributed by atoms with Crippen LogP contribution in [0.4, 0.5) is 5.82 Å². The number of aliphatic hydroxyl groups excluding tert-OH is 3. The van der Waals surface area contributed by atoms with Gasteiger partial charge in [-0.05, 0) is 31.4 Å². The Balaban J connectivity index is 1.55. The largest absolute Gasteiger partial charge is 0.393 e. The molecule has 2 aromatic rings. The Hall–Kier alpha value is -1.41. The van der Waals surface area contributed by atoms with E-state index in [2.05, 4.69) is 20.4 Å². The van der Waals surface area contributed by atoms with Crippen LogP contribution in [0.2, 0.25) is 5.28 Å². The van der Waals surface area contributed by atoms with Gasteiger partial charge in [0.2, 0.25) is 5.28 Å². The van der Waals surface area contributed by atoms with Crippen molar-refractivity contribution in [2.24, 2.45) is 0 Å². The summed E-state index contributed by atoms with van der Waals surface area (Å²) in [6.07, 6.45) is 1.74. The molecule has 0 aromatic carbocycles. The molecule has 4 rings (SSSR count). The van der Waals surface area contributed by atoms with Crippen molar-refractivity contribution in [3.05, 3.63) is 11.5 Å². The van der Waals surface area contributed by atoms with E-state index in [1.807, 2.05) is 0 Å². The van der Waals surface area contributed by atoms with Gasteiger partial charge < -0.3 is 39.9 Å². The molecule has 15 heteroatoms. The van der Waals surface area contributed by atoms with Crippen molar-refractivity contribution in [1.29, 1.82) is 0 Å². The van der Waals surface area contributed by atoms with Gasteiger partial charge in [0, 0.05) is 6.04 Å². The number of nitrogens with zero attached hydrogens (tertiary/aromatic N) is 4. The van der Waals surface area contributed by atoms with Crippen molar-refractivity contribution in [2.75, 3.05) is 18.5 Å².